The molecule has 0 saturated carbocycles. The Balaban J connectivity index is 2.39. The van der Waals surface area contributed by atoms with Gasteiger partial charge in [-0.15, -0.1) is 0 Å². The number of hydrogen-bond acceptors (Lipinski definition) is 3. The zero-order valence-electron chi connectivity index (χ0n) is 9.88. The van der Waals surface area contributed by atoms with Gasteiger partial charge in [0.1, 0.15) is 0 Å². The van der Waals surface area contributed by atoms with Crippen molar-refractivity contribution < 1.29 is 0 Å². The molecule has 0 fully saturated rings. The highest BCUT2D eigenvalue weighted by Gasteiger charge is 2.07. The smallest absolute Gasteiger partial charge is 0.184 e. The average Bonchev–Trinajstić information content (AvgIpc) is 2.40. The normalized spacial score (nSPS) is 10.6. The van der Waals surface area contributed by atoms with E-state index in [0.717, 1.165) is 11.1 Å². The predicted molar refractivity (Wildman–Crippen MR) is 82.2 cm³/mol. The topological polar surface area (TPSA) is 63.3 Å². The fraction of sp³-hybridized carbons (Fsp3) is 0. The maximum Gasteiger partial charge on any atom is 0.184 e. The molecular weight excluding hydrogens is 280 g/mol. The Morgan fingerprint density at radius 2 is 2.00 bits per heavy atom. The first-order chi connectivity index (χ1) is 9.18. The summed E-state index contributed by atoms with van der Waals surface area (Å²) in [6.45, 7) is 0. The van der Waals surface area contributed by atoms with Crippen LogP contribution in [0.2, 0.25) is 5.02 Å². The van der Waals surface area contributed by atoms with E-state index in [2.05, 4.69) is 27.7 Å². The molecule has 0 aliphatic heterocycles. The molecule has 2 aromatic rings. The molecule has 0 aliphatic rings. The number of thiocarbonyl (C=S) groups is 1. The molecule has 0 unspecified atom stereocenters. The summed E-state index contributed by atoms with van der Waals surface area (Å²) in [6, 6.07) is 11.3. The summed E-state index contributed by atoms with van der Waals surface area (Å²) in [5, 5.41) is 4.67. The Labute approximate surface area is 121 Å². The number of benzene rings is 1. The van der Waals surface area contributed by atoms with E-state index in [9.17, 15) is 0 Å². The zero-order chi connectivity index (χ0) is 13.7. The second kappa shape index (κ2) is 6.26. The van der Waals surface area contributed by atoms with Crippen LogP contribution in [-0.2, 0) is 0 Å². The molecular formula is C13H11ClN4S. The van der Waals surface area contributed by atoms with E-state index in [4.69, 9.17) is 17.3 Å². The second-order valence-electron chi connectivity index (χ2n) is 3.65. The molecule has 0 aliphatic carbocycles. The molecule has 19 heavy (non-hydrogen) atoms. The molecule has 0 spiro atoms. The molecule has 2 rings (SSSR count). The van der Waals surface area contributed by atoms with Gasteiger partial charge in [-0.3, -0.25) is 10.4 Å². The van der Waals surface area contributed by atoms with Crippen molar-refractivity contribution >= 4 is 35.1 Å². The third-order valence-electron chi connectivity index (χ3n) is 2.36. The largest absolute Gasteiger partial charge is 0.375 e. The van der Waals surface area contributed by atoms with Crippen LogP contribution in [0.15, 0.2) is 47.7 Å². The van der Waals surface area contributed by atoms with Crippen molar-refractivity contribution in [2.45, 2.75) is 0 Å². The molecule has 0 saturated heterocycles. The summed E-state index contributed by atoms with van der Waals surface area (Å²) in [4.78, 5) is 4.26. The third-order valence-corrected chi connectivity index (χ3v) is 2.79. The number of nitrogens with zero attached hydrogens (tertiary/aromatic N) is 2. The maximum atomic E-state index is 6.19. The first-order valence-electron chi connectivity index (χ1n) is 5.47. The Bertz CT molecular complexity index is 628. The minimum Gasteiger partial charge on any atom is -0.375 e. The van der Waals surface area contributed by atoms with E-state index in [1.165, 1.54) is 0 Å². The molecule has 0 amide bonds. The predicted octanol–water partition coefficient (Wildman–Crippen LogP) is 2.57. The summed E-state index contributed by atoms with van der Waals surface area (Å²) in [5.74, 6) is 0. The van der Waals surface area contributed by atoms with Crippen LogP contribution in [0.5, 0.6) is 0 Å². The molecule has 96 valence electrons. The zero-order valence-corrected chi connectivity index (χ0v) is 11.4. The minimum absolute atomic E-state index is 0.103. The van der Waals surface area contributed by atoms with Gasteiger partial charge in [0.15, 0.2) is 5.11 Å². The van der Waals surface area contributed by atoms with Crippen LogP contribution >= 0.6 is 23.8 Å². The van der Waals surface area contributed by atoms with E-state index in [-0.39, 0.29) is 5.11 Å². The number of nitrogens with one attached hydrogen (secondary N) is 1. The molecule has 1 aromatic heterocycles. The third kappa shape index (κ3) is 3.49. The number of hydrazone groups is 1. The van der Waals surface area contributed by atoms with E-state index >= 15 is 0 Å². The molecule has 1 heterocycles. The number of hydrogen-bond donors (Lipinski definition) is 2. The second-order valence-corrected chi connectivity index (χ2v) is 4.50. The van der Waals surface area contributed by atoms with E-state index in [1.54, 1.807) is 12.4 Å². The van der Waals surface area contributed by atoms with E-state index < -0.39 is 0 Å². The summed E-state index contributed by atoms with van der Waals surface area (Å²) in [6.07, 6.45) is 3.24. The van der Waals surface area contributed by atoms with Crippen LogP contribution in [0.25, 0.3) is 11.1 Å². The van der Waals surface area contributed by atoms with Crippen molar-refractivity contribution in [1.82, 2.24) is 10.4 Å². The average molecular weight is 291 g/mol. The van der Waals surface area contributed by atoms with Gasteiger partial charge >= 0.3 is 0 Å². The van der Waals surface area contributed by atoms with Crippen LogP contribution < -0.4 is 11.2 Å². The molecule has 0 atom stereocenters. The van der Waals surface area contributed by atoms with Gasteiger partial charge in [0, 0.05) is 22.3 Å². The summed E-state index contributed by atoms with van der Waals surface area (Å²) < 4.78 is 0. The van der Waals surface area contributed by atoms with Crippen molar-refractivity contribution in [3.05, 3.63) is 53.3 Å². The summed E-state index contributed by atoms with van der Waals surface area (Å²) >= 11 is 10.9. The molecule has 4 nitrogen and oxygen atoms in total. The van der Waals surface area contributed by atoms with Crippen molar-refractivity contribution in [1.29, 1.82) is 0 Å². The number of halogens is 1. The molecule has 6 heteroatoms. The lowest BCUT2D eigenvalue weighted by atomic mass is 10.0. The standard InChI is InChI=1S/C13H11ClN4S/c14-11-6-2-1-4-9(11)10-5-3-7-16-12(10)8-17-18-13(15)19/h1-8H,(H3,15,18,19). The van der Waals surface area contributed by atoms with Crippen LogP contribution in [0.4, 0.5) is 0 Å². The SMILES string of the molecule is NC(=S)NN=Cc1ncccc1-c1ccccc1Cl. The summed E-state index contributed by atoms with van der Waals surface area (Å²) in [7, 11) is 0. The van der Waals surface area contributed by atoms with E-state index in [1.807, 2.05) is 36.4 Å². The van der Waals surface area contributed by atoms with Crippen molar-refractivity contribution in [3.63, 3.8) is 0 Å². The molecule has 0 radical (unpaired) electrons. The van der Waals surface area contributed by atoms with Gasteiger partial charge in [0.2, 0.25) is 0 Å². The van der Waals surface area contributed by atoms with Crippen LogP contribution in [-0.4, -0.2) is 16.3 Å². The lowest BCUT2D eigenvalue weighted by molar-refractivity contribution is 1.04. The number of rotatable bonds is 3. The number of nitrogens with two attached hydrogens (primary N) is 1. The van der Waals surface area contributed by atoms with Crippen LogP contribution in [0.1, 0.15) is 5.69 Å². The van der Waals surface area contributed by atoms with Crippen LogP contribution in [0.3, 0.4) is 0 Å². The Hall–Kier alpha value is -1.98. The van der Waals surface area contributed by atoms with Crippen LogP contribution in [0, 0.1) is 0 Å². The quantitative estimate of drug-likeness (QED) is 0.518. The summed E-state index contributed by atoms with van der Waals surface area (Å²) in [5.41, 5.74) is 10.3. The Kier molecular flexibility index (Phi) is 4.43. The van der Waals surface area contributed by atoms with Gasteiger partial charge in [0.25, 0.3) is 0 Å². The Morgan fingerprint density at radius 1 is 1.26 bits per heavy atom. The number of pyridine rings is 1. The van der Waals surface area contributed by atoms with Crippen molar-refractivity contribution in [2.75, 3.05) is 0 Å². The highest BCUT2D eigenvalue weighted by atomic mass is 35.5. The lowest BCUT2D eigenvalue weighted by Crippen LogP contribution is -2.24. The first-order valence-corrected chi connectivity index (χ1v) is 6.25. The molecule has 3 N–H and O–H groups in total. The highest BCUT2D eigenvalue weighted by Crippen LogP contribution is 2.28. The monoisotopic (exact) mass is 290 g/mol. The van der Waals surface area contributed by atoms with Gasteiger partial charge < -0.3 is 5.73 Å². The fourth-order valence-electron chi connectivity index (χ4n) is 1.58. The number of aromatic nitrogens is 1. The van der Waals surface area contributed by atoms with Gasteiger partial charge in [0.05, 0.1) is 11.9 Å². The maximum absolute atomic E-state index is 6.19. The van der Waals surface area contributed by atoms with Gasteiger partial charge in [-0.1, -0.05) is 35.9 Å². The van der Waals surface area contributed by atoms with Gasteiger partial charge in [-0.05, 0) is 24.4 Å². The van der Waals surface area contributed by atoms with Gasteiger partial charge in [-0.25, -0.2) is 0 Å². The Morgan fingerprint density at radius 3 is 2.74 bits per heavy atom. The first kappa shape index (κ1) is 13.5. The lowest BCUT2D eigenvalue weighted by Gasteiger charge is -2.06. The molecule has 1 aromatic carbocycles. The van der Waals surface area contributed by atoms with Gasteiger partial charge in [-0.2, -0.15) is 5.10 Å². The van der Waals surface area contributed by atoms with Crippen molar-refractivity contribution in [2.24, 2.45) is 10.8 Å². The fourth-order valence-corrected chi connectivity index (χ4v) is 1.88. The minimum atomic E-state index is 0.103. The molecule has 0 bridgehead atoms. The highest BCUT2D eigenvalue weighted by molar-refractivity contribution is 7.80. The van der Waals surface area contributed by atoms with Crippen molar-refractivity contribution in [3.8, 4) is 11.1 Å². The van der Waals surface area contributed by atoms with E-state index in [0.29, 0.717) is 10.7 Å².